The van der Waals surface area contributed by atoms with E-state index in [0.717, 1.165) is 11.1 Å². The summed E-state index contributed by atoms with van der Waals surface area (Å²) in [5.41, 5.74) is 2.46. The topological polar surface area (TPSA) is 72.7 Å². The first kappa shape index (κ1) is 16.5. The van der Waals surface area contributed by atoms with Gasteiger partial charge in [0.25, 0.3) is 5.69 Å². The standard InChI is InChI=1S/C17H18N2O4/c1-12-4-6-13(7-5-12)11-23-17(20)14-8-9-15(18(2)3)16(10-14)19(21)22/h4-10H,11H2,1-3H3. The molecule has 0 bridgehead atoms. The van der Waals surface area contributed by atoms with E-state index >= 15 is 0 Å². The van der Waals surface area contributed by atoms with Gasteiger partial charge < -0.3 is 9.64 Å². The van der Waals surface area contributed by atoms with Crippen LogP contribution < -0.4 is 4.90 Å². The number of anilines is 1. The lowest BCUT2D eigenvalue weighted by Crippen LogP contribution is -2.12. The molecule has 0 spiro atoms. The number of ether oxygens (including phenoxy) is 1. The number of hydrogen-bond donors (Lipinski definition) is 0. The van der Waals surface area contributed by atoms with E-state index in [4.69, 9.17) is 4.74 Å². The highest BCUT2D eigenvalue weighted by Gasteiger charge is 2.19. The first-order chi connectivity index (χ1) is 10.9. The molecular weight excluding hydrogens is 296 g/mol. The highest BCUT2D eigenvalue weighted by Crippen LogP contribution is 2.28. The van der Waals surface area contributed by atoms with Crippen LogP contribution in [0, 0.1) is 17.0 Å². The van der Waals surface area contributed by atoms with Gasteiger partial charge in [-0.25, -0.2) is 4.79 Å². The molecule has 0 amide bonds. The van der Waals surface area contributed by atoms with Crippen LogP contribution in [0.2, 0.25) is 0 Å². The summed E-state index contributed by atoms with van der Waals surface area (Å²) in [6, 6.07) is 11.9. The van der Waals surface area contributed by atoms with E-state index in [2.05, 4.69) is 0 Å². The van der Waals surface area contributed by atoms with Crippen LogP contribution in [-0.4, -0.2) is 25.0 Å². The molecule has 2 rings (SSSR count). The van der Waals surface area contributed by atoms with Gasteiger partial charge in [-0.1, -0.05) is 29.8 Å². The summed E-state index contributed by atoms with van der Waals surface area (Å²) in [5, 5.41) is 11.1. The van der Waals surface area contributed by atoms with Crippen LogP contribution in [0.3, 0.4) is 0 Å². The van der Waals surface area contributed by atoms with Crippen LogP contribution in [0.1, 0.15) is 21.5 Å². The summed E-state index contributed by atoms with van der Waals surface area (Å²) in [6.07, 6.45) is 0. The van der Waals surface area contributed by atoms with Crippen LogP contribution in [0.5, 0.6) is 0 Å². The monoisotopic (exact) mass is 314 g/mol. The molecule has 0 radical (unpaired) electrons. The Morgan fingerprint density at radius 3 is 2.39 bits per heavy atom. The van der Waals surface area contributed by atoms with Crippen molar-refractivity contribution in [3.8, 4) is 0 Å². The van der Waals surface area contributed by atoms with E-state index in [0.29, 0.717) is 5.69 Å². The number of aryl methyl sites for hydroxylation is 1. The fraction of sp³-hybridized carbons (Fsp3) is 0.235. The van der Waals surface area contributed by atoms with E-state index in [1.165, 1.54) is 12.1 Å². The minimum Gasteiger partial charge on any atom is -0.457 e. The van der Waals surface area contributed by atoms with Crippen molar-refractivity contribution in [3.63, 3.8) is 0 Å². The number of rotatable bonds is 5. The quantitative estimate of drug-likeness (QED) is 0.481. The molecule has 23 heavy (non-hydrogen) atoms. The summed E-state index contributed by atoms with van der Waals surface area (Å²) in [5.74, 6) is -0.584. The van der Waals surface area contributed by atoms with Gasteiger partial charge in [0.1, 0.15) is 12.3 Å². The maximum Gasteiger partial charge on any atom is 0.338 e. The molecule has 2 aromatic carbocycles. The average molecular weight is 314 g/mol. The molecule has 2 aromatic rings. The SMILES string of the molecule is Cc1ccc(COC(=O)c2ccc(N(C)C)c([N+](=O)[O-])c2)cc1. The van der Waals surface area contributed by atoms with Crippen molar-refractivity contribution in [2.75, 3.05) is 19.0 Å². The Labute approximate surface area is 134 Å². The third-order valence-corrected chi connectivity index (χ3v) is 3.38. The third-order valence-electron chi connectivity index (χ3n) is 3.38. The Kier molecular flexibility index (Phi) is 4.95. The second kappa shape index (κ2) is 6.91. The smallest absolute Gasteiger partial charge is 0.338 e. The second-order valence-electron chi connectivity index (χ2n) is 5.42. The van der Waals surface area contributed by atoms with Crippen molar-refractivity contribution in [1.29, 1.82) is 0 Å². The molecule has 0 heterocycles. The van der Waals surface area contributed by atoms with Gasteiger partial charge in [0.15, 0.2) is 0 Å². The van der Waals surface area contributed by atoms with Crippen molar-refractivity contribution in [1.82, 2.24) is 0 Å². The van der Waals surface area contributed by atoms with Crippen LogP contribution in [-0.2, 0) is 11.3 Å². The molecule has 0 N–H and O–H groups in total. The molecule has 0 fully saturated rings. The molecule has 0 saturated heterocycles. The molecule has 0 atom stereocenters. The van der Waals surface area contributed by atoms with E-state index in [9.17, 15) is 14.9 Å². The zero-order valence-electron chi connectivity index (χ0n) is 13.3. The molecule has 0 unspecified atom stereocenters. The first-order valence-corrected chi connectivity index (χ1v) is 7.07. The largest absolute Gasteiger partial charge is 0.457 e. The highest BCUT2D eigenvalue weighted by molar-refractivity contribution is 5.91. The van der Waals surface area contributed by atoms with Crippen LogP contribution >= 0.6 is 0 Å². The Balaban J connectivity index is 2.14. The van der Waals surface area contributed by atoms with Gasteiger partial charge >= 0.3 is 5.97 Å². The highest BCUT2D eigenvalue weighted by atomic mass is 16.6. The Hall–Kier alpha value is -2.89. The van der Waals surface area contributed by atoms with Gasteiger partial charge in [0.2, 0.25) is 0 Å². The fourth-order valence-corrected chi connectivity index (χ4v) is 2.09. The van der Waals surface area contributed by atoms with Crippen molar-refractivity contribution >= 4 is 17.3 Å². The summed E-state index contributed by atoms with van der Waals surface area (Å²) in [6.45, 7) is 2.10. The summed E-state index contributed by atoms with van der Waals surface area (Å²) < 4.78 is 5.21. The van der Waals surface area contributed by atoms with Gasteiger partial charge in [-0.15, -0.1) is 0 Å². The maximum atomic E-state index is 12.1. The van der Waals surface area contributed by atoms with Gasteiger partial charge in [-0.2, -0.15) is 0 Å². The number of nitrogens with zero attached hydrogens (tertiary/aromatic N) is 2. The molecule has 0 aliphatic heterocycles. The van der Waals surface area contributed by atoms with E-state index < -0.39 is 10.9 Å². The lowest BCUT2D eigenvalue weighted by atomic mass is 10.1. The summed E-state index contributed by atoms with van der Waals surface area (Å²) in [4.78, 5) is 24.3. The fourth-order valence-electron chi connectivity index (χ4n) is 2.09. The minimum atomic E-state index is -0.584. The number of hydrogen-bond acceptors (Lipinski definition) is 5. The van der Waals surface area contributed by atoms with Crippen LogP contribution in [0.25, 0.3) is 0 Å². The molecule has 120 valence electrons. The maximum absolute atomic E-state index is 12.1. The zero-order valence-corrected chi connectivity index (χ0v) is 13.3. The van der Waals surface area contributed by atoms with Gasteiger partial charge in [-0.05, 0) is 24.6 Å². The summed E-state index contributed by atoms with van der Waals surface area (Å²) >= 11 is 0. The third kappa shape index (κ3) is 4.06. The van der Waals surface area contributed by atoms with Crippen molar-refractivity contribution in [3.05, 3.63) is 69.3 Å². The Morgan fingerprint density at radius 1 is 1.17 bits per heavy atom. The van der Waals surface area contributed by atoms with Crippen LogP contribution in [0.4, 0.5) is 11.4 Å². The van der Waals surface area contributed by atoms with E-state index in [1.807, 2.05) is 31.2 Å². The zero-order chi connectivity index (χ0) is 17.0. The van der Waals surface area contributed by atoms with Gasteiger partial charge in [0.05, 0.1) is 10.5 Å². The number of benzene rings is 2. The van der Waals surface area contributed by atoms with Gasteiger partial charge in [0, 0.05) is 20.2 Å². The Morgan fingerprint density at radius 2 is 1.83 bits per heavy atom. The molecule has 6 heteroatoms. The van der Waals surface area contributed by atoms with E-state index in [1.54, 1.807) is 25.1 Å². The lowest BCUT2D eigenvalue weighted by Gasteiger charge is -2.13. The number of nitro groups is 1. The predicted octanol–water partition coefficient (Wildman–Crippen LogP) is 3.33. The number of carbonyl (C=O) groups is 1. The molecule has 0 aliphatic rings. The van der Waals surface area contributed by atoms with Crippen molar-refractivity contribution < 1.29 is 14.5 Å². The van der Waals surface area contributed by atoms with E-state index in [-0.39, 0.29) is 17.9 Å². The molecule has 6 nitrogen and oxygen atoms in total. The lowest BCUT2D eigenvalue weighted by molar-refractivity contribution is -0.384. The molecule has 0 saturated carbocycles. The van der Waals surface area contributed by atoms with Crippen LogP contribution in [0.15, 0.2) is 42.5 Å². The number of esters is 1. The molecule has 0 aliphatic carbocycles. The summed E-state index contributed by atoms with van der Waals surface area (Å²) in [7, 11) is 3.41. The average Bonchev–Trinajstić information content (AvgIpc) is 2.53. The van der Waals surface area contributed by atoms with Crippen molar-refractivity contribution in [2.45, 2.75) is 13.5 Å². The normalized spacial score (nSPS) is 10.2. The minimum absolute atomic E-state index is 0.125. The molecule has 0 aromatic heterocycles. The number of carbonyl (C=O) groups excluding carboxylic acids is 1. The second-order valence-corrected chi connectivity index (χ2v) is 5.42. The van der Waals surface area contributed by atoms with Gasteiger partial charge in [-0.3, -0.25) is 10.1 Å². The predicted molar refractivity (Wildman–Crippen MR) is 87.7 cm³/mol. The molecular formula is C17H18N2O4. The van der Waals surface area contributed by atoms with Crippen molar-refractivity contribution in [2.24, 2.45) is 0 Å². The Bertz CT molecular complexity index is 724. The first-order valence-electron chi connectivity index (χ1n) is 7.07. The number of nitro benzene ring substituents is 1.